The predicted molar refractivity (Wildman–Crippen MR) is 138 cm³/mol. The van der Waals surface area contributed by atoms with E-state index in [0.717, 1.165) is 23.5 Å². The Morgan fingerprint density at radius 2 is 1.82 bits per heavy atom. The second-order valence-electron chi connectivity index (χ2n) is 10.6. The molecule has 2 heterocycles. The quantitative estimate of drug-likeness (QED) is 0.406. The molecule has 0 saturated carbocycles. The summed E-state index contributed by atoms with van der Waals surface area (Å²) in [6.45, 7) is 6.62. The van der Waals surface area contributed by atoms with Crippen molar-refractivity contribution in [2.75, 3.05) is 7.11 Å². The van der Waals surface area contributed by atoms with Crippen molar-refractivity contribution in [3.63, 3.8) is 0 Å². The van der Waals surface area contributed by atoms with Gasteiger partial charge in [-0.2, -0.15) is 0 Å². The van der Waals surface area contributed by atoms with Gasteiger partial charge in [0.15, 0.2) is 5.78 Å². The third-order valence-corrected chi connectivity index (χ3v) is 8.11. The minimum absolute atomic E-state index is 0.250. The molecule has 1 spiro atoms. The maximum Gasteiger partial charge on any atom is 0.514 e. The van der Waals surface area contributed by atoms with Crippen LogP contribution in [0.15, 0.2) is 59.9 Å². The number of benzene rings is 1. The second kappa shape index (κ2) is 10.4. The Balaban J connectivity index is 1.79. The van der Waals surface area contributed by atoms with Gasteiger partial charge >= 0.3 is 6.16 Å². The summed E-state index contributed by atoms with van der Waals surface area (Å²) in [6, 6.07) is 7.05. The van der Waals surface area contributed by atoms with Crippen LogP contribution in [0, 0.1) is 17.8 Å². The van der Waals surface area contributed by atoms with Crippen molar-refractivity contribution >= 4 is 17.8 Å². The first kappa shape index (κ1) is 27.6. The normalized spacial score (nSPS) is 37.3. The van der Waals surface area contributed by atoms with Crippen LogP contribution in [0.4, 0.5) is 4.79 Å². The first-order chi connectivity index (χ1) is 17.9. The summed E-state index contributed by atoms with van der Waals surface area (Å²) in [5.74, 6) is -2.39. The number of carbonyl (C=O) groups is 3. The number of ether oxygens (including phenoxy) is 3. The van der Waals surface area contributed by atoms with E-state index in [0.29, 0.717) is 17.7 Å². The Bertz CT molecular complexity index is 1200. The number of nitrogens with one attached hydrogen (secondary N) is 1. The van der Waals surface area contributed by atoms with Crippen LogP contribution in [0.1, 0.15) is 39.7 Å². The van der Waals surface area contributed by atoms with Crippen molar-refractivity contribution in [2.45, 2.75) is 63.9 Å². The largest absolute Gasteiger partial charge is 0.514 e. The lowest BCUT2D eigenvalue weighted by Crippen LogP contribution is -2.59. The summed E-state index contributed by atoms with van der Waals surface area (Å²) < 4.78 is 16.2. The van der Waals surface area contributed by atoms with Gasteiger partial charge in [-0.05, 0) is 63.0 Å². The summed E-state index contributed by atoms with van der Waals surface area (Å²) in [5.41, 5.74) is -1.27. The van der Waals surface area contributed by atoms with Gasteiger partial charge in [-0.1, -0.05) is 36.8 Å². The van der Waals surface area contributed by atoms with Crippen molar-refractivity contribution < 1.29 is 38.8 Å². The molecular weight excluding hydrogens is 490 g/mol. The van der Waals surface area contributed by atoms with Gasteiger partial charge in [-0.15, -0.1) is 0 Å². The molecule has 1 aromatic carbocycles. The van der Waals surface area contributed by atoms with Crippen LogP contribution in [0.25, 0.3) is 0 Å². The van der Waals surface area contributed by atoms with Crippen molar-refractivity contribution in [1.82, 2.24) is 5.32 Å². The highest BCUT2D eigenvalue weighted by atomic mass is 16.7. The molecule has 0 aromatic heterocycles. The van der Waals surface area contributed by atoms with E-state index in [9.17, 15) is 24.6 Å². The number of hydrogen-bond acceptors (Lipinski definition) is 8. The summed E-state index contributed by atoms with van der Waals surface area (Å²) in [4.78, 5) is 39.4. The molecule has 0 unspecified atom stereocenters. The Kier molecular flexibility index (Phi) is 7.54. The number of rotatable bonds is 3. The van der Waals surface area contributed by atoms with Gasteiger partial charge in [-0.3, -0.25) is 9.59 Å². The third kappa shape index (κ3) is 4.76. The van der Waals surface area contributed by atoms with Crippen molar-refractivity contribution in [3.05, 3.63) is 65.5 Å². The third-order valence-electron chi connectivity index (χ3n) is 8.11. The van der Waals surface area contributed by atoms with E-state index in [2.05, 4.69) is 5.32 Å². The van der Waals surface area contributed by atoms with E-state index in [1.54, 1.807) is 33.1 Å². The zero-order chi connectivity index (χ0) is 27.8. The molecule has 1 aromatic rings. The monoisotopic (exact) mass is 525 g/mol. The minimum Gasteiger partial charge on any atom is -0.497 e. The molecule has 1 amide bonds. The topological polar surface area (TPSA) is 131 Å². The Morgan fingerprint density at radius 1 is 1.13 bits per heavy atom. The number of hydrogen-bond donors (Lipinski definition) is 3. The molecule has 0 bridgehead atoms. The van der Waals surface area contributed by atoms with Crippen LogP contribution in [0.2, 0.25) is 0 Å². The maximum absolute atomic E-state index is 13.8. The highest BCUT2D eigenvalue weighted by Crippen LogP contribution is 2.50. The number of amides is 1. The summed E-state index contributed by atoms with van der Waals surface area (Å²) in [6.07, 6.45) is 3.71. The molecule has 3 aliphatic rings. The van der Waals surface area contributed by atoms with E-state index >= 15 is 0 Å². The standard InChI is InChI=1S/C29H35NO8/c1-16-7-6-8-21-24(31)18(3)17(2)23-22(15-19-9-11-20(36-5)12-10-19)30-26(33)29(21,23)38-27(34)37-14-13-28(4,35)25(16)32/h6,8-14,16,21-24,31,35H,7,15H2,1-5H3,(H,30,33)/b8-6+,14-13+/t16-,21-,22-,23-,24+,28+,29-/m0/s1. The van der Waals surface area contributed by atoms with Gasteiger partial charge in [0.2, 0.25) is 5.60 Å². The number of methoxy groups -OCH3 is 1. The van der Waals surface area contributed by atoms with Gasteiger partial charge in [0, 0.05) is 12.0 Å². The first-order valence-electron chi connectivity index (χ1n) is 12.7. The zero-order valence-electron chi connectivity index (χ0n) is 22.3. The average Bonchev–Trinajstić information content (AvgIpc) is 3.15. The van der Waals surface area contributed by atoms with E-state index < -0.39 is 58.9 Å². The fraction of sp³-hybridized carbons (Fsp3) is 0.483. The van der Waals surface area contributed by atoms with E-state index in [-0.39, 0.29) is 6.42 Å². The molecule has 4 rings (SSSR count). The number of allylic oxidation sites excluding steroid dienone is 1. The SMILES string of the molecule is COc1ccc(C[C@@H]2NC(=O)[C@]34OC(=O)O/C=C/[C@@](C)(O)C(=O)[C@@H](C)C/C=C/[C@H]3[C@H](O)C(C)=C(C)[C@@H]24)cc1. The van der Waals surface area contributed by atoms with Gasteiger partial charge in [0.25, 0.3) is 5.91 Å². The molecule has 2 aliphatic heterocycles. The molecule has 9 nitrogen and oxygen atoms in total. The van der Waals surface area contributed by atoms with Crippen LogP contribution in [0.3, 0.4) is 0 Å². The van der Waals surface area contributed by atoms with E-state index in [1.807, 2.05) is 31.2 Å². The lowest BCUT2D eigenvalue weighted by atomic mass is 9.63. The number of Topliss-reactive ketones (excluding diaryl/α,β-unsaturated/α-hetero) is 1. The van der Waals surface area contributed by atoms with Crippen LogP contribution < -0.4 is 10.1 Å². The van der Waals surface area contributed by atoms with Crippen LogP contribution in [-0.4, -0.2) is 58.5 Å². The summed E-state index contributed by atoms with van der Waals surface area (Å²) in [7, 11) is 1.59. The predicted octanol–water partition coefficient (Wildman–Crippen LogP) is 3.00. The van der Waals surface area contributed by atoms with Crippen LogP contribution in [0.5, 0.6) is 5.75 Å². The number of aliphatic hydroxyl groups excluding tert-OH is 1. The average molecular weight is 526 g/mol. The number of cyclic esters (lactones) is 1. The maximum atomic E-state index is 13.8. The summed E-state index contributed by atoms with van der Waals surface area (Å²) in [5, 5.41) is 24.9. The van der Waals surface area contributed by atoms with E-state index in [1.165, 1.54) is 6.92 Å². The highest BCUT2D eigenvalue weighted by molar-refractivity contribution is 5.93. The summed E-state index contributed by atoms with van der Waals surface area (Å²) >= 11 is 0. The van der Waals surface area contributed by atoms with Crippen molar-refractivity contribution in [3.8, 4) is 5.75 Å². The van der Waals surface area contributed by atoms with Crippen LogP contribution >= 0.6 is 0 Å². The molecule has 1 aliphatic carbocycles. The highest BCUT2D eigenvalue weighted by Gasteiger charge is 2.66. The minimum atomic E-state index is -1.86. The fourth-order valence-corrected chi connectivity index (χ4v) is 5.88. The van der Waals surface area contributed by atoms with Gasteiger partial charge in [0.1, 0.15) is 11.4 Å². The molecule has 0 radical (unpaired) electrons. The fourth-order valence-electron chi connectivity index (χ4n) is 5.88. The van der Waals surface area contributed by atoms with Crippen LogP contribution in [-0.2, 0) is 25.5 Å². The Labute approximate surface area is 222 Å². The van der Waals surface area contributed by atoms with Gasteiger partial charge in [0.05, 0.1) is 31.3 Å². The smallest absolute Gasteiger partial charge is 0.497 e. The van der Waals surface area contributed by atoms with Crippen molar-refractivity contribution in [1.29, 1.82) is 0 Å². The Morgan fingerprint density at radius 3 is 2.47 bits per heavy atom. The number of carbonyl (C=O) groups excluding carboxylic acids is 3. The second-order valence-corrected chi connectivity index (χ2v) is 10.6. The first-order valence-corrected chi connectivity index (χ1v) is 12.7. The molecule has 9 heteroatoms. The number of aliphatic hydroxyl groups is 2. The molecule has 7 atom stereocenters. The van der Waals surface area contributed by atoms with E-state index in [4.69, 9.17) is 14.2 Å². The molecular formula is C29H35NO8. The molecule has 204 valence electrons. The zero-order valence-corrected chi connectivity index (χ0v) is 22.3. The molecule has 1 fully saturated rings. The molecule has 3 N–H and O–H groups in total. The molecule has 1 saturated heterocycles. The van der Waals surface area contributed by atoms with Crippen molar-refractivity contribution in [2.24, 2.45) is 17.8 Å². The lowest BCUT2D eigenvalue weighted by molar-refractivity contribution is -0.151. The van der Waals surface area contributed by atoms with Gasteiger partial charge < -0.3 is 29.7 Å². The number of ketones is 1. The lowest BCUT2D eigenvalue weighted by Gasteiger charge is -2.45. The Hall–Kier alpha value is -3.43. The molecule has 38 heavy (non-hydrogen) atoms. The van der Waals surface area contributed by atoms with Gasteiger partial charge in [-0.25, -0.2) is 4.79 Å².